The molecule has 6 heteroatoms. The van der Waals surface area contributed by atoms with E-state index in [1.54, 1.807) is 0 Å². The highest BCUT2D eigenvalue weighted by Gasteiger charge is 2.26. The van der Waals surface area contributed by atoms with E-state index >= 15 is 0 Å². The summed E-state index contributed by atoms with van der Waals surface area (Å²) in [4.78, 5) is 24.8. The third-order valence-corrected chi connectivity index (χ3v) is 7.04. The minimum Gasteiger partial charge on any atom is -0.507 e. The molecular formula is C31H44N2O4. The van der Waals surface area contributed by atoms with Crippen molar-refractivity contribution < 1.29 is 19.8 Å². The lowest BCUT2D eigenvalue weighted by atomic mass is 9.81. The SMILES string of the molecule is CC(C)(C)c1cc(CNCCCC=O)cc(Cc2cc(CN3CCCC3=O)cc(C(C)(C)C)c2O)c1O. The Morgan fingerprint density at radius 2 is 1.49 bits per heavy atom. The number of nitrogens with zero attached hydrogens (tertiary/aromatic N) is 1. The van der Waals surface area contributed by atoms with Crippen molar-refractivity contribution in [1.29, 1.82) is 0 Å². The molecule has 0 saturated carbocycles. The van der Waals surface area contributed by atoms with E-state index < -0.39 is 0 Å². The van der Waals surface area contributed by atoms with Crippen molar-refractivity contribution in [3.63, 3.8) is 0 Å². The number of carbonyl (C=O) groups excluding carboxylic acids is 2. The van der Waals surface area contributed by atoms with Crippen LogP contribution in [0.3, 0.4) is 0 Å². The average Bonchev–Trinajstić information content (AvgIpc) is 3.20. The van der Waals surface area contributed by atoms with Gasteiger partial charge in [0, 0.05) is 38.9 Å². The number of hydrogen-bond acceptors (Lipinski definition) is 5. The van der Waals surface area contributed by atoms with Gasteiger partial charge in [-0.2, -0.15) is 0 Å². The zero-order valence-electron chi connectivity index (χ0n) is 23.4. The van der Waals surface area contributed by atoms with E-state index in [1.807, 2.05) is 29.2 Å². The molecule has 1 fully saturated rings. The summed E-state index contributed by atoms with van der Waals surface area (Å²) < 4.78 is 0. The topological polar surface area (TPSA) is 89.9 Å². The van der Waals surface area contributed by atoms with Crippen molar-refractivity contribution >= 4 is 12.2 Å². The maximum atomic E-state index is 12.3. The van der Waals surface area contributed by atoms with Gasteiger partial charge in [0.1, 0.15) is 17.8 Å². The predicted molar refractivity (Wildman–Crippen MR) is 148 cm³/mol. The summed E-state index contributed by atoms with van der Waals surface area (Å²) in [5.41, 5.74) is 4.73. The minimum absolute atomic E-state index is 0.174. The molecule has 0 spiro atoms. The Morgan fingerprint density at radius 1 is 0.919 bits per heavy atom. The molecule has 3 rings (SSSR count). The van der Waals surface area contributed by atoms with Crippen LogP contribution in [0.15, 0.2) is 24.3 Å². The van der Waals surface area contributed by atoms with Crippen LogP contribution in [0.2, 0.25) is 0 Å². The molecular weight excluding hydrogens is 464 g/mol. The van der Waals surface area contributed by atoms with Gasteiger partial charge in [0.25, 0.3) is 0 Å². The quantitative estimate of drug-likeness (QED) is 0.292. The van der Waals surface area contributed by atoms with Crippen molar-refractivity contribution in [1.82, 2.24) is 10.2 Å². The maximum absolute atomic E-state index is 12.3. The molecule has 1 heterocycles. The molecule has 3 N–H and O–H groups in total. The standard InChI is InChI=1S/C31H44N2O4/c1-30(2,3)25-16-21(19-32-11-7-8-13-34)14-23(28(25)36)18-24-15-22(20-33-12-9-10-27(33)35)17-26(29(24)37)31(4,5)6/h13-17,32,36-37H,7-12,18-20H2,1-6H3. The Bertz CT molecular complexity index is 1130. The average molecular weight is 509 g/mol. The van der Waals surface area contributed by atoms with E-state index in [-0.39, 0.29) is 28.2 Å². The second kappa shape index (κ2) is 11.7. The lowest BCUT2D eigenvalue weighted by Crippen LogP contribution is -2.24. The molecule has 0 atom stereocenters. The van der Waals surface area contributed by atoms with Gasteiger partial charge < -0.3 is 25.2 Å². The van der Waals surface area contributed by atoms with Crippen molar-refractivity contribution in [2.75, 3.05) is 13.1 Å². The van der Waals surface area contributed by atoms with Gasteiger partial charge in [-0.25, -0.2) is 0 Å². The van der Waals surface area contributed by atoms with E-state index in [2.05, 4.69) is 46.9 Å². The number of benzene rings is 2. The summed E-state index contributed by atoms with van der Waals surface area (Å²) in [6.07, 6.45) is 4.12. The Morgan fingerprint density at radius 3 is 2.00 bits per heavy atom. The number of phenols is 2. The first kappa shape index (κ1) is 28.7. The molecule has 0 radical (unpaired) electrons. The van der Waals surface area contributed by atoms with E-state index in [0.29, 0.717) is 32.4 Å². The van der Waals surface area contributed by atoms with Crippen LogP contribution in [0, 0.1) is 0 Å². The van der Waals surface area contributed by atoms with Gasteiger partial charge in [-0.1, -0.05) is 53.7 Å². The molecule has 0 aromatic heterocycles. The number of carbonyl (C=O) groups is 2. The van der Waals surface area contributed by atoms with Crippen molar-refractivity contribution in [3.8, 4) is 11.5 Å². The molecule has 0 aliphatic carbocycles. The number of aldehydes is 1. The largest absolute Gasteiger partial charge is 0.507 e. The molecule has 2 aromatic rings. The number of unbranched alkanes of at least 4 members (excludes halogenated alkanes) is 1. The van der Waals surface area contributed by atoms with Crippen molar-refractivity contribution in [3.05, 3.63) is 57.6 Å². The summed E-state index contributed by atoms with van der Waals surface area (Å²) in [5.74, 6) is 0.680. The van der Waals surface area contributed by atoms with Crippen LogP contribution in [0.1, 0.15) is 101 Å². The highest BCUT2D eigenvalue weighted by atomic mass is 16.3. The summed E-state index contributed by atoms with van der Waals surface area (Å²) in [6.45, 7) is 15.1. The summed E-state index contributed by atoms with van der Waals surface area (Å²) in [6, 6.07) is 8.05. The summed E-state index contributed by atoms with van der Waals surface area (Å²) in [7, 11) is 0. The third-order valence-electron chi connectivity index (χ3n) is 7.04. The number of nitrogens with one attached hydrogen (secondary N) is 1. The summed E-state index contributed by atoms with van der Waals surface area (Å²) >= 11 is 0. The third kappa shape index (κ3) is 7.35. The van der Waals surface area contributed by atoms with Gasteiger partial charge in [-0.05, 0) is 75.7 Å². The fourth-order valence-corrected chi connectivity index (χ4v) is 4.97. The van der Waals surface area contributed by atoms with Crippen molar-refractivity contribution in [2.24, 2.45) is 0 Å². The first-order valence-electron chi connectivity index (χ1n) is 13.4. The Kier molecular flexibility index (Phi) is 9.06. The molecule has 37 heavy (non-hydrogen) atoms. The second-order valence-electron chi connectivity index (χ2n) is 12.4. The fourth-order valence-electron chi connectivity index (χ4n) is 4.97. The van der Waals surface area contributed by atoms with E-state index in [9.17, 15) is 19.8 Å². The van der Waals surface area contributed by atoms with Crippen LogP contribution in [-0.4, -0.2) is 40.4 Å². The molecule has 1 saturated heterocycles. The zero-order chi connectivity index (χ0) is 27.4. The number of rotatable bonds is 10. The first-order chi connectivity index (χ1) is 17.3. The number of likely N-dealkylation sites (tertiary alicyclic amines) is 1. The Labute approximate surface area is 222 Å². The number of aromatic hydroxyl groups is 2. The van der Waals surface area contributed by atoms with Crippen LogP contribution >= 0.6 is 0 Å². The molecule has 0 bridgehead atoms. The predicted octanol–water partition coefficient (Wildman–Crippen LogP) is 5.47. The minimum atomic E-state index is -0.282. The monoisotopic (exact) mass is 508 g/mol. The van der Waals surface area contributed by atoms with Crippen LogP contribution in [0.5, 0.6) is 11.5 Å². The Balaban J connectivity index is 2.00. The fraction of sp³-hybridized carbons (Fsp3) is 0.548. The van der Waals surface area contributed by atoms with E-state index in [0.717, 1.165) is 65.6 Å². The van der Waals surface area contributed by atoms with Gasteiger partial charge >= 0.3 is 0 Å². The van der Waals surface area contributed by atoms with Gasteiger partial charge in [0.15, 0.2) is 0 Å². The molecule has 2 aromatic carbocycles. The maximum Gasteiger partial charge on any atom is 0.222 e. The summed E-state index contributed by atoms with van der Waals surface area (Å²) in [5, 5.41) is 26.0. The van der Waals surface area contributed by atoms with Crippen LogP contribution in [0.4, 0.5) is 0 Å². The lowest BCUT2D eigenvalue weighted by molar-refractivity contribution is -0.128. The second-order valence-corrected chi connectivity index (χ2v) is 12.4. The smallest absolute Gasteiger partial charge is 0.222 e. The van der Waals surface area contributed by atoms with Gasteiger partial charge in [0.2, 0.25) is 5.91 Å². The number of phenolic OH excluding ortho intramolecular Hbond substituents is 2. The Hall–Kier alpha value is -2.86. The van der Waals surface area contributed by atoms with E-state index in [4.69, 9.17) is 0 Å². The normalized spacial score (nSPS) is 14.4. The van der Waals surface area contributed by atoms with E-state index in [1.165, 1.54) is 0 Å². The highest BCUT2D eigenvalue weighted by Crippen LogP contribution is 2.39. The van der Waals surface area contributed by atoms with Crippen LogP contribution in [-0.2, 0) is 39.9 Å². The number of hydrogen-bond donors (Lipinski definition) is 3. The van der Waals surface area contributed by atoms with Gasteiger partial charge in [0.05, 0.1) is 0 Å². The van der Waals surface area contributed by atoms with Gasteiger partial charge in [-0.3, -0.25) is 4.79 Å². The molecule has 202 valence electrons. The lowest BCUT2D eigenvalue weighted by Gasteiger charge is -2.26. The van der Waals surface area contributed by atoms with Crippen LogP contribution < -0.4 is 5.32 Å². The molecule has 6 nitrogen and oxygen atoms in total. The first-order valence-corrected chi connectivity index (χ1v) is 13.4. The molecule has 1 amide bonds. The molecule has 1 aliphatic heterocycles. The highest BCUT2D eigenvalue weighted by molar-refractivity contribution is 5.78. The number of amides is 1. The van der Waals surface area contributed by atoms with Gasteiger partial charge in [-0.15, -0.1) is 0 Å². The zero-order valence-corrected chi connectivity index (χ0v) is 23.4. The van der Waals surface area contributed by atoms with Crippen molar-refractivity contribution in [2.45, 2.75) is 97.6 Å². The molecule has 0 unspecified atom stereocenters. The molecule has 1 aliphatic rings. The van der Waals surface area contributed by atoms with Crippen LogP contribution in [0.25, 0.3) is 0 Å².